The van der Waals surface area contributed by atoms with Crippen LogP contribution >= 0.6 is 0 Å². The van der Waals surface area contributed by atoms with Crippen LogP contribution in [0.2, 0.25) is 0 Å². The Morgan fingerprint density at radius 1 is 0.897 bits per heavy atom. The van der Waals surface area contributed by atoms with E-state index in [4.69, 9.17) is 20.8 Å². The van der Waals surface area contributed by atoms with Gasteiger partial charge in [0.2, 0.25) is 0 Å². The zero-order valence-corrected chi connectivity index (χ0v) is 21.9. The molecule has 0 unspecified atom stereocenters. The lowest BCUT2D eigenvalue weighted by Gasteiger charge is -2.32. The van der Waals surface area contributed by atoms with Crippen LogP contribution in [0.4, 0.5) is 5.82 Å². The fourth-order valence-corrected chi connectivity index (χ4v) is 5.33. The summed E-state index contributed by atoms with van der Waals surface area (Å²) >= 11 is 0. The molecule has 1 aliphatic rings. The number of rotatable bonds is 8. The van der Waals surface area contributed by atoms with Crippen LogP contribution in [-0.4, -0.2) is 61.8 Å². The number of aliphatic hydroxyl groups is 1. The third-order valence-electron chi connectivity index (χ3n) is 7.39. The monoisotopic (exact) mass is 519 g/mol. The minimum absolute atomic E-state index is 0.191. The van der Waals surface area contributed by atoms with Crippen LogP contribution in [-0.2, 0) is 6.54 Å². The Kier molecular flexibility index (Phi) is 7.31. The molecule has 4 N–H and O–H groups in total. The summed E-state index contributed by atoms with van der Waals surface area (Å²) in [6.45, 7) is 3.87. The molecule has 0 amide bonds. The second-order valence-corrected chi connectivity index (χ2v) is 10.0. The van der Waals surface area contributed by atoms with E-state index in [0.29, 0.717) is 18.4 Å². The van der Waals surface area contributed by atoms with E-state index in [1.807, 2.05) is 42.5 Å². The Morgan fingerprint density at radius 2 is 1.69 bits per heavy atom. The number of piperidine rings is 1. The van der Waals surface area contributed by atoms with Gasteiger partial charge in [-0.3, -0.25) is 9.47 Å². The molecule has 5 aromatic rings. The van der Waals surface area contributed by atoms with E-state index < -0.39 is 0 Å². The third kappa shape index (κ3) is 5.40. The summed E-state index contributed by atoms with van der Waals surface area (Å²) in [5.41, 5.74) is 12.8. The van der Waals surface area contributed by atoms with Crippen LogP contribution in [0.15, 0.2) is 85.1 Å². The molecule has 4 heterocycles. The normalized spacial score (nSPS) is 14.7. The van der Waals surface area contributed by atoms with Gasteiger partial charge in [0.05, 0.1) is 17.9 Å². The van der Waals surface area contributed by atoms with Crippen molar-refractivity contribution >= 4 is 17.0 Å². The number of aromatic nitrogens is 4. The molecule has 198 valence electrons. The maximum Gasteiger partial charge on any atom is 0.165 e. The molecule has 0 aliphatic carbocycles. The van der Waals surface area contributed by atoms with E-state index in [1.165, 1.54) is 5.56 Å². The minimum Gasteiger partial charge on any atom is -0.395 e. The summed E-state index contributed by atoms with van der Waals surface area (Å²) < 4.78 is 2.08. The van der Waals surface area contributed by atoms with Gasteiger partial charge in [-0.1, -0.05) is 42.5 Å². The van der Waals surface area contributed by atoms with Crippen molar-refractivity contribution in [2.24, 2.45) is 0 Å². The Labute approximate surface area is 228 Å². The van der Waals surface area contributed by atoms with E-state index in [1.54, 1.807) is 6.20 Å². The molecule has 8 nitrogen and oxygen atoms in total. The van der Waals surface area contributed by atoms with Gasteiger partial charge in [-0.2, -0.15) is 0 Å². The molecule has 2 aromatic carbocycles. The average molecular weight is 520 g/mol. The number of nitrogen functional groups attached to an aromatic ring is 1. The lowest BCUT2D eigenvalue weighted by Crippen LogP contribution is -2.42. The maximum absolute atomic E-state index is 9.06. The third-order valence-corrected chi connectivity index (χ3v) is 7.39. The van der Waals surface area contributed by atoms with E-state index >= 15 is 0 Å². The second kappa shape index (κ2) is 11.3. The van der Waals surface area contributed by atoms with Crippen molar-refractivity contribution in [1.82, 2.24) is 29.7 Å². The summed E-state index contributed by atoms with van der Waals surface area (Å²) in [5.74, 6) is 1.16. The van der Waals surface area contributed by atoms with Gasteiger partial charge in [0.15, 0.2) is 11.5 Å². The van der Waals surface area contributed by atoms with Gasteiger partial charge in [-0.25, -0.2) is 15.0 Å². The Hall–Kier alpha value is -4.11. The fourth-order valence-electron chi connectivity index (χ4n) is 5.33. The first-order chi connectivity index (χ1) is 19.2. The van der Waals surface area contributed by atoms with Crippen molar-refractivity contribution in [2.45, 2.75) is 25.4 Å². The zero-order chi connectivity index (χ0) is 26.6. The first kappa shape index (κ1) is 25.2. The highest BCUT2D eigenvalue weighted by molar-refractivity contribution is 5.84. The van der Waals surface area contributed by atoms with Crippen molar-refractivity contribution in [3.63, 3.8) is 0 Å². The topological polar surface area (TPSA) is 105 Å². The molecule has 8 heteroatoms. The number of hydrogen-bond donors (Lipinski definition) is 3. The molecule has 0 spiro atoms. The van der Waals surface area contributed by atoms with Crippen LogP contribution in [0.25, 0.3) is 39.5 Å². The van der Waals surface area contributed by atoms with Crippen molar-refractivity contribution < 1.29 is 5.11 Å². The summed E-state index contributed by atoms with van der Waals surface area (Å²) in [5, 5.41) is 12.5. The minimum atomic E-state index is 0.191. The van der Waals surface area contributed by atoms with Gasteiger partial charge in [0.1, 0.15) is 11.3 Å². The molecule has 1 aliphatic heterocycles. The van der Waals surface area contributed by atoms with Crippen LogP contribution in [0.1, 0.15) is 18.4 Å². The van der Waals surface area contributed by atoms with E-state index in [0.717, 1.165) is 72.0 Å². The number of fused-ring (bicyclic) bond motifs is 1. The largest absolute Gasteiger partial charge is 0.395 e. The van der Waals surface area contributed by atoms with E-state index in [2.05, 4.69) is 56.2 Å². The predicted molar refractivity (Wildman–Crippen MR) is 155 cm³/mol. The molecule has 0 bridgehead atoms. The lowest BCUT2D eigenvalue weighted by atomic mass is 10.0. The number of hydrogen-bond acceptors (Lipinski definition) is 7. The standard InChI is InChI=1S/C31H33N7O/c32-29-26(7-4-16-34-29)30-36-28-13-12-27(23-5-2-1-3-6-23)35-31(28)38(30)25-10-8-22(9-11-25)21-37-18-14-24(15-19-37)33-17-20-39/h1-13,16,24,33,39H,14-15,17-21H2,(H2,32,34). The smallest absolute Gasteiger partial charge is 0.165 e. The number of nitrogens with two attached hydrogens (primary N) is 1. The molecule has 1 saturated heterocycles. The van der Waals surface area contributed by atoms with Gasteiger partial charge in [0, 0.05) is 36.6 Å². The highest BCUT2D eigenvalue weighted by atomic mass is 16.3. The fraction of sp³-hybridized carbons (Fsp3) is 0.258. The van der Waals surface area contributed by atoms with Crippen LogP contribution in [0.5, 0.6) is 0 Å². The number of imidazole rings is 1. The molecular weight excluding hydrogens is 486 g/mol. The van der Waals surface area contributed by atoms with E-state index in [-0.39, 0.29) is 6.61 Å². The predicted octanol–water partition coefficient (Wildman–Crippen LogP) is 4.28. The van der Waals surface area contributed by atoms with Gasteiger partial charge in [0.25, 0.3) is 0 Å². The quantitative estimate of drug-likeness (QED) is 0.281. The van der Waals surface area contributed by atoms with Crippen molar-refractivity contribution in [1.29, 1.82) is 0 Å². The molecule has 0 radical (unpaired) electrons. The van der Waals surface area contributed by atoms with Crippen molar-refractivity contribution in [2.75, 3.05) is 32.0 Å². The summed E-state index contributed by atoms with van der Waals surface area (Å²) in [7, 11) is 0. The summed E-state index contributed by atoms with van der Waals surface area (Å²) in [6.07, 6.45) is 3.90. The molecular formula is C31H33N7O. The van der Waals surface area contributed by atoms with Crippen LogP contribution in [0.3, 0.4) is 0 Å². The SMILES string of the molecule is Nc1ncccc1-c1nc2ccc(-c3ccccc3)nc2n1-c1ccc(CN2CCC(NCCO)CC2)cc1. The molecule has 39 heavy (non-hydrogen) atoms. The maximum atomic E-state index is 9.06. The number of benzene rings is 2. The van der Waals surface area contributed by atoms with Crippen molar-refractivity contribution in [3.05, 3.63) is 90.6 Å². The zero-order valence-electron chi connectivity index (χ0n) is 21.9. The summed E-state index contributed by atoms with van der Waals surface area (Å²) in [6, 6.07) is 27.2. The Balaban J connectivity index is 1.33. The number of aliphatic hydroxyl groups excluding tert-OH is 1. The number of nitrogens with one attached hydrogen (secondary N) is 1. The highest BCUT2D eigenvalue weighted by Gasteiger charge is 2.20. The number of pyridine rings is 2. The molecule has 6 rings (SSSR count). The molecule has 1 fully saturated rings. The van der Waals surface area contributed by atoms with Gasteiger partial charge < -0.3 is 16.2 Å². The van der Waals surface area contributed by atoms with Gasteiger partial charge in [-0.05, 0) is 67.9 Å². The number of anilines is 1. The second-order valence-electron chi connectivity index (χ2n) is 10.0. The van der Waals surface area contributed by atoms with Crippen LogP contribution < -0.4 is 11.1 Å². The average Bonchev–Trinajstić information content (AvgIpc) is 3.36. The first-order valence-corrected chi connectivity index (χ1v) is 13.5. The number of likely N-dealkylation sites (tertiary alicyclic amines) is 1. The lowest BCUT2D eigenvalue weighted by molar-refractivity contribution is 0.184. The number of nitrogens with zero attached hydrogens (tertiary/aromatic N) is 5. The molecule has 0 atom stereocenters. The van der Waals surface area contributed by atoms with Gasteiger partial charge >= 0.3 is 0 Å². The van der Waals surface area contributed by atoms with Crippen molar-refractivity contribution in [3.8, 4) is 28.3 Å². The first-order valence-electron chi connectivity index (χ1n) is 13.5. The van der Waals surface area contributed by atoms with Crippen LogP contribution in [0, 0.1) is 0 Å². The van der Waals surface area contributed by atoms with Gasteiger partial charge in [-0.15, -0.1) is 0 Å². The molecule has 0 saturated carbocycles. The van der Waals surface area contributed by atoms with E-state index in [9.17, 15) is 0 Å². The summed E-state index contributed by atoms with van der Waals surface area (Å²) in [4.78, 5) is 16.8. The Morgan fingerprint density at radius 3 is 2.44 bits per heavy atom. The highest BCUT2D eigenvalue weighted by Crippen LogP contribution is 2.32. The molecule has 3 aromatic heterocycles. The Bertz CT molecular complexity index is 1540.